The van der Waals surface area contributed by atoms with Crippen LogP contribution in [0.2, 0.25) is 0 Å². The number of methoxy groups -OCH3 is 1. The number of urea groups is 1. The van der Waals surface area contributed by atoms with Crippen LogP contribution in [0.3, 0.4) is 0 Å². The molecule has 0 aromatic carbocycles. The van der Waals surface area contributed by atoms with Crippen molar-refractivity contribution in [2.24, 2.45) is 5.41 Å². The molecular weight excluding hydrogens is 224 g/mol. The highest BCUT2D eigenvalue weighted by atomic mass is 16.5. The molecule has 98 valence electrons. The van der Waals surface area contributed by atoms with Crippen molar-refractivity contribution in [3.05, 3.63) is 0 Å². The monoisotopic (exact) mass is 244 g/mol. The number of ether oxygens (including phenoxy) is 1. The average Bonchev–Trinajstić information content (AvgIpc) is 2.21. The van der Waals surface area contributed by atoms with Gasteiger partial charge in [0.15, 0.2) is 0 Å². The summed E-state index contributed by atoms with van der Waals surface area (Å²) >= 11 is 0. The van der Waals surface area contributed by atoms with Crippen molar-refractivity contribution in [1.82, 2.24) is 10.6 Å². The molecule has 0 radical (unpaired) electrons. The number of amides is 2. The van der Waals surface area contributed by atoms with Gasteiger partial charge in [-0.3, -0.25) is 4.79 Å². The molecule has 0 spiro atoms. The summed E-state index contributed by atoms with van der Waals surface area (Å²) in [6.07, 6.45) is 3.24. The molecule has 1 rings (SSSR count). The van der Waals surface area contributed by atoms with E-state index in [0.717, 1.165) is 12.8 Å². The first-order valence-electron chi connectivity index (χ1n) is 5.80. The van der Waals surface area contributed by atoms with Crippen LogP contribution in [-0.2, 0) is 9.53 Å². The Labute approximate surface area is 101 Å². The number of hydrogen-bond acceptors (Lipinski definition) is 3. The minimum Gasteiger partial charge on any atom is -0.481 e. The predicted octanol–water partition coefficient (Wildman–Crippen LogP) is 0.577. The summed E-state index contributed by atoms with van der Waals surface area (Å²) in [5.41, 5.74) is 0.0822. The number of nitrogens with one attached hydrogen (secondary N) is 2. The maximum absolute atomic E-state index is 11.4. The lowest BCUT2D eigenvalue weighted by Crippen LogP contribution is -2.48. The van der Waals surface area contributed by atoms with Gasteiger partial charge in [0.1, 0.15) is 0 Å². The minimum absolute atomic E-state index is 0.0589. The van der Waals surface area contributed by atoms with Gasteiger partial charge in [-0.15, -0.1) is 0 Å². The highest BCUT2D eigenvalue weighted by Crippen LogP contribution is 2.40. The second kappa shape index (κ2) is 6.44. The minimum atomic E-state index is -0.917. The van der Waals surface area contributed by atoms with Crippen LogP contribution in [0, 0.1) is 5.41 Å². The Morgan fingerprint density at radius 2 is 2.06 bits per heavy atom. The Morgan fingerprint density at radius 3 is 2.53 bits per heavy atom. The SMILES string of the molecule is COCC1(CNC(=O)NCCC(=O)O)CCC1. The fraction of sp³-hybridized carbons (Fsp3) is 0.818. The van der Waals surface area contributed by atoms with Gasteiger partial charge in [-0.05, 0) is 12.8 Å². The lowest BCUT2D eigenvalue weighted by molar-refractivity contribution is -0.136. The van der Waals surface area contributed by atoms with Crippen molar-refractivity contribution in [1.29, 1.82) is 0 Å². The Hall–Kier alpha value is -1.30. The second-order valence-corrected chi connectivity index (χ2v) is 4.54. The van der Waals surface area contributed by atoms with Crippen molar-refractivity contribution in [3.8, 4) is 0 Å². The van der Waals surface area contributed by atoms with Gasteiger partial charge in [0.05, 0.1) is 13.0 Å². The summed E-state index contributed by atoms with van der Waals surface area (Å²) in [7, 11) is 1.66. The normalized spacial score (nSPS) is 17.0. The third-order valence-corrected chi connectivity index (χ3v) is 3.11. The van der Waals surface area contributed by atoms with Gasteiger partial charge >= 0.3 is 12.0 Å². The van der Waals surface area contributed by atoms with E-state index in [1.165, 1.54) is 6.42 Å². The molecule has 0 aromatic rings. The highest BCUT2D eigenvalue weighted by Gasteiger charge is 2.37. The molecule has 3 N–H and O–H groups in total. The van der Waals surface area contributed by atoms with Gasteiger partial charge in [-0.1, -0.05) is 6.42 Å². The topological polar surface area (TPSA) is 87.7 Å². The molecule has 0 heterocycles. The lowest BCUT2D eigenvalue weighted by atomic mass is 9.69. The summed E-state index contributed by atoms with van der Waals surface area (Å²) in [4.78, 5) is 21.6. The summed E-state index contributed by atoms with van der Waals surface area (Å²) in [5.74, 6) is -0.917. The zero-order chi connectivity index (χ0) is 12.7. The number of carboxylic acid groups (broad SMARTS) is 1. The number of carbonyl (C=O) groups is 2. The second-order valence-electron chi connectivity index (χ2n) is 4.54. The number of carboxylic acids is 1. The molecule has 1 saturated carbocycles. The summed E-state index contributed by atoms with van der Waals surface area (Å²) in [6, 6.07) is -0.311. The molecule has 17 heavy (non-hydrogen) atoms. The first-order chi connectivity index (χ1) is 8.08. The molecule has 0 unspecified atom stereocenters. The fourth-order valence-corrected chi connectivity index (χ4v) is 1.97. The Balaban J connectivity index is 2.16. The number of hydrogen-bond donors (Lipinski definition) is 3. The fourth-order valence-electron chi connectivity index (χ4n) is 1.97. The van der Waals surface area contributed by atoms with Crippen LogP contribution in [0.5, 0.6) is 0 Å². The number of carbonyl (C=O) groups excluding carboxylic acids is 1. The summed E-state index contributed by atoms with van der Waals surface area (Å²) in [6.45, 7) is 1.39. The zero-order valence-electron chi connectivity index (χ0n) is 10.1. The first-order valence-corrected chi connectivity index (χ1v) is 5.80. The smallest absolute Gasteiger partial charge is 0.314 e. The van der Waals surface area contributed by atoms with E-state index in [0.29, 0.717) is 13.2 Å². The highest BCUT2D eigenvalue weighted by molar-refractivity contribution is 5.75. The molecule has 0 saturated heterocycles. The van der Waals surface area contributed by atoms with Crippen LogP contribution in [0.4, 0.5) is 4.79 Å². The maximum Gasteiger partial charge on any atom is 0.314 e. The van der Waals surface area contributed by atoms with Gasteiger partial charge in [0.25, 0.3) is 0 Å². The zero-order valence-corrected chi connectivity index (χ0v) is 10.1. The quantitative estimate of drug-likeness (QED) is 0.611. The molecular formula is C11H20N2O4. The molecule has 2 amide bonds. The Morgan fingerprint density at radius 1 is 1.35 bits per heavy atom. The van der Waals surface area contributed by atoms with E-state index in [4.69, 9.17) is 9.84 Å². The molecule has 1 aliphatic carbocycles. The molecule has 0 aromatic heterocycles. The summed E-state index contributed by atoms with van der Waals surface area (Å²) < 4.78 is 5.14. The van der Waals surface area contributed by atoms with Crippen molar-refractivity contribution in [2.45, 2.75) is 25.7 Å². The maximum atomic E-state index is 11.4. The lowest BCUT2D eigenvalue weighted by Gasteiger charge is -2.41. The van der Waals surface area contributed by atoms with Crippen LogP contribution in [-0.4, -0.2) is 43.9 Å². The van der Waals surface area contributed by atoms with Gasteiger partial charge in [-0.25, -0.2) is 4.79 Å². The largest absolute Gasteiger partial charge is 0.481 e. The first kappa shape index (κ1) is 13.8. The molecule has 1 aliphatic rings. The molecule has 0 aliphatic heterocycles. The summed E-state index contributed by atoms with van der Waals surface area (Å²) in [5, 5.41) is 13.7. The van der Waals surface area contributed by atoms with E-state index in [1.54, 1.807) is 7.11 Å². The Bertz CT molecular complexity index is 277. The van der Waals surface area contributed by atoms with Gasteiger partial charge in [-0.2, -0.15) is 0 Å². The van der Waals surface area contributed by atoms with Gasteiger partial charge < -0.3 is 20.5 Å². The van der Waals surface area contributed by atoms with Crippen molar-refractivity contribution < 1.29 is 19.4 Å². The average molecular weight is 244 g/mol. The van der Waals surface area contributed by atoms with Crippen LogP contribution in [0.1, 0.15) is 25.7 Å². The number of rotatable bonds is 7. The van der Waals surface area contributed by atoms with E-state index >= 15 is 0 Å². The predicted molar refractivity (Wildman–Crippen MR) is 61.8 cm³/mol. The molecule has 1 fully saturated rings. The Kier molecular flexibility index (Phi) is 5.21. The third kappa shape index (κ3) is 4.60. The van der Waals surface area contributed by atoms with Gasteiger partial charge in [0.2, 0.25) is 0 Å². The molecule has 6 nitrogen and oxygen atoms in total. The van der Waals surface area contributed by atoms with E-state index in [2.05, 4.69) is 10.6 Å². The van der Waals surface area contributed by atoms with Crippen molar-refractivity contribution in [2.75, 3.05) is 26.8 Å². The van der Waals surface area contributed by atoms with E-state index < -0.39 is 5.97 Å². The van der Waals surface area contributed by atoms with Crippen LogP contribution in [0.25, 0.3) is 0 Å². The van der Waals surface area contributed by atoms with E-state index in [-0.39, 0.29) is 24.4 Å². The molecule has 0 atom stereocenters. The van der Waals surface area contributed by atoms with Crippen LogP contribution >= 0.6 is 0 Å². The van der Waals surface area contributed by atoms with Crippen molar-refractivity contribution >= 4 is 12.0 Å². The van der Waals surface area contributed by atoms with Gasteiger partial charge in [0, 0.05) is 25.6 Å². The number of aliphatic carboxylic acids is 1. The molecule has 0 bridgehead atoms. The van der Waals surface area contributed by atoms with E-state index in [9.17, 15) is 9.59 Å². The van der Waals surface area contributed by atoms with Crippen LogP contribution in [0.15, 0.2) is 0 Å². The standard InChI is InChI=1S/C11H20N2O4/c1-17-8-11(4-2-5-11)7-13-10(16)12-6-3-9(14)15/h2-8H2,1H3,(H,14,15)(H2,12,13,16). The van der Waals surface area contributed by atoms with E-state index in [1.807, 2.05) is 0 Å². The third-order valence-electron chi connectivity index (χ3n) is 3.11. The molecule has 6 heteroatoms. The van der Waals surface area contributed by atoms with Crippen LogP contribution < -0.4 is 10.6 Å². The van der Waals surface area contributed by atoms with Crippen molar-refractivity contribution in [3.63, 3.8) is 0 Å².